The zero-order valence-corrected chi connectivity index (χ0v) is 10.8. The smallest absolute Gasteiger partial charge is 0.321 e. The molecule has 0 aliphatic carbocycles. The molecule has 6 nitrogen and oxygen atoms in total. The van der Waals surface area contributed by atoms with E-state index in [1.54, 1.807) is 31.4 Å². The van der Waals surface area contributed by atoms with Crippen LogP contribution in [0.15, 0.2) is 24.3 Å². The Hall–Kier alpha value is -2.10. The van der Waals surface area contributed by atoms with Crippen LogP contribution in [0.3, 0.4) is 0 Å². The van der Waals surface area contributed by atoms with Gasteiger partial charge in [-0.25, -0.2) is 4.79 Å². The normalized spacial score (nSPS) is 9.74. The third-order valence-corrected chi connectivity index (χ3v) is 2.49. The number of aliphatic hydroxyl groups excluding tert-OH is 1. The monoisotopic (exact) mass is 263 g/mol. The number of urea groups is 1. The van der Waals surface area contributed by atoms with Gasteiger partial charge >= 0.3 is 6.03 Å². The summed E-state index contributed by atoms with van der Waals surface area (Å²) in [5.74, 6) is 0. The summed E-state index contributed by atoms with van der Waals surface area (Å²) < 4.78 is 4.91. The number of carbonyl (C=O) groups excluding carboxylic acids is 1. The average molecular weight is 263 g/mol. The maximum absolute atomic E-state index is 11.9. The number of carbonyl (C=O) groups is 1. The number of methoxy groups -OCH3 is 1. The van der Waals surface area contributed by atoms with Gasteiger partial charge < -0.3 is 20.1 Å². The van der Waals surface area contributed by atoms with E-state index in [1.165, 1.54) is 4.90 Å². The molecule has 0 aliphatic rings. The fraction of sp³-hybridized carbons (Fsp3) is 0.385. The summed E-state index contributed by atoms with van der Waals surface area (Å²) in [4.78, 5) is 13.4. The van der Waals surface area contributed by atoms with Crippen molar-refractivity contribution in [3.8, 4) is 6.07 Å². The average Bonchev–Trinajstić information content (AvgIpc) is 2.44. The summed E-state index contributed by atoms with van der Waals surface area (Å²) in [6.45, 7) is 0.940. The molecule has 0 radical (unpaired) electrons. The molecule has 0 spiro atoms. The predicted octanol–water partition coefficient (Wildman–Crippen LogP) is 1.03. The highest BCUT2D eigenvalue weighted by atomic mass is 16.5. The van der Waals surface area contributed by atoms with Crippen LogP contribution in [-0.2, 0) is 4.74 Å². The maximum Gasteiger partial charge on any atom is 0.321 e. The fourth-order valence-corrected chi connectivity index (χ4v) is 1.47. The Bertz CT molecular complexity index is 439. The third-order valence-electron chi connectivity index (χ3n) is 2.49. The molecule has 6 heteroatoms. The van der Waals surface area contributed by atoms with Gasteiger partial charge in [0.25, 0.3) is 0 Å². The van der Waals surface area contributed by atoms with E-state index in [0.717, 1.165) is 0 Å². The van der Waals surface area contributed by atoms with Gasteiger partial charge in [-0.3, -0.25) is 0 Å². The summed E-state index contributed by atoms with van der Waals surface area (Å²) in [5.41, 5.74) is 1.13. The van der Waals surface area contributed by atoms with Crippen molar-refractivity contribution < 1.29 is 14.6 Å². The molecule has 0 saturated heterocycles. The number of rotatable bonds is 6. The van der Waals surface area contributed by atoms with Gasteiger partial charge in [-0.1, -0.05) is 0 Å². The van der Waals surface area contributed by atoms with E-state index in [1.807, 2.05) is 6.07 Å². The summed E-state index contributed by atoms with van der Waals surface area (Å²) in [5, 5.41) is 20.3. The van der Waals surface area contributed by atoms with Crippen LogP contribution < -0.4 is 5.32 Å². The number of nitriles is 1. The topological polar surface area (TPSA) is 85.6 Å². The molecule has 0 fully saturated rings. The Morgan fingerprint density at radius 3 is 2.63 bits per heavy atom. The molecule has 0 heterocycles. The van der Waals surface area contributed by atoms with E-state index in [-0.39, 0.29) is 19.2 Å². The Balaban J connectivity index is 2.61. The van der Waals surface area contributed by atoms with Crippen molar-refractivity contribution in [1.29, 1.82) is 5.26 Å². The second-order valence-electron chi connectivity index (χ2n) is 3.82. The van der Waals surface area contributed by atoms with E-state index in [4.69, 9.17) is 15.1 Å². The lowest BCUT2D eigenvalue weighted by Crippen LogP contribution is -2.39. The number of ether oxygens (including phenoxy) is 1. The number of nitrogens with one attached hydrogen (secondary N) is 1. The highest BCUT2D eigenvalue weighted by Gasteiger charge is 2.12. The molecule has 2 N–H and O–H groups in total. The lowest BCUT2D eigenvalue weighted by molar-refractivity contribution is 0.142. The first-order valence-electron chi connectivity index (χ1n) is 5.87. The lowest BCUT2D eigenvalue weighted by Gasteiger charge is -2.21. The van der Waals surface area contributed by atoms with Crippen LogP contribution in [0.5, 0.6) is 0 Å². The van der Waals surface area contributed by atoms with Crippen molar-refractivity contribution >= 4 is 11.7 Å². The number of hydrogen-bond acceptors (Lipinski definition) is 4. The summed E-state index contributed by atoms with van der Waals surface area (Å²) in [6, 6.07) is 8.26. The molecule has 0 saturated carbocycles. The van der Waals surface area contributed by atoms with Crippen LogP contribution in [0, 0.1) is 11.3 Å². The Morgan fingerprint density at radius 2 is 2.11 bits per heavy atom. The van der Waals surface area contributed by atoms with Gasteiger partial charge in [0.2, 0.25) is 0 Å². The first-order chi connectivity index (χ1) is 9.21. The maximum atomic E-state index is 11.9. The molecule has 2 amide bonds. The molecule has 0 aromatic heterocycles. The first-order valence-corrected chi connectivity index (χ1v) is 5.87. The number of amides is 2. The van der Waals surface area contributed by atoms with Gasteiger partial charge in [-0.05, 0) is 24.3 Å². The zero-order valence-electron chi connectivity index (χ0n) is 10.8. The molecular formula is C13H17N3O3. The van der Waals surface area contributed by atoms with Crippen LogP contribution in [0.25, 0.3) is 0 Å². The van der Waals surface area contributed by atoms with Gasteiger partial charge in [0.15, 0.2) is 0 Å². The standard InChI is InChI=1S/C13H17N3O3/c1-19-9-7-16(6-8-17)13(18)15-12-4-2-11(10-14)3-5-12/h2-5,17H,6-9H2,1H3,(H,15,18). The van der Waals surface area contributed by atoms with E-state index < -0.39 is 0 Å². The number of anilines is 1. The fourth-order valence-electron chi connectivity index (χ4n) is 1.47. The van der Waals surface area contributed by atoms with Gasteiger partial charge in [-0.15, -0.1) is 0 Å². The van der Waals surface area contributed by atoms with Gasteiger partial charge in [0.1, 0.15) is 0 Å². The Morgan fingerprint density at radius 1 is 1.42 bits per heavy atom. The summed E-state index contributed by atoms with van der Waals surface area (Å²) in [6.07, 6.45) is 0. The van der Waals surface area contributed by atoms with Crippen LogP contribution in [0.2, 0.25) is 0 Å². The molecular weight excluding hydrogens is 246 g/mol. The molecule has 102 valence electrons. The summed E-state index contributed by atoms with van der Waals surface area (Å²) >= 11 is 0. The lowest BCUT2D eigenvalue weighted by atomic mass is 10.2. The van der Waals surface area contributed by atoms with E-state index >= 15 is 0 Å². The number of hydrogen-bond donors (Lipinski definition) is 2. The minimum atomic E-state index is -0.309. The predicted molar refractivity (Wildman–Crippen MR) is 70.7 cm³/mol. The van der Waals surface area contributed by atoms with Gasteiger partial charge in [0.05, 0.1) is 24.8 Å². The SMILES string of the molecule is COCCN(CCO)C(=O)Nc1ccc(C#N)cc1. The zero-order chi connectivity index (χ0) is 14.1. The van der Waals surface area contributed by atoms with E-state index in [2.05, 4.69) is 5.32 Å². The first kappa shape index (κ1) is 15.0. The third kappa shape index (κ3) is 4.95. The Labute approximate surface area is 112 Å². The number of aliphatic hydroxyl groups is 1. The summed E-state index contributed by atoms with van der Waals surface area (Å²) in [7, 11) is 1.55. The van der Waals surface area contributed by atoms with Crippen molar-refractivity contribution in [2.75, 3.05) is 38.7 Å². The van der Waals surface area contributed by atoms with E-state index in [0.29, 0.717) is 24.4 Å². The molecule has 1 rings (SSSR count). The second kappa shape index (κ2) is 8.08. The minimum Gasteiger partial charge on any atom is -0.395 e. The highest BCUT2D eigenvalue weighted by Crippen LogP contribution is 2.09. The van der Waals surface area contributed by atoms with Crippen molar-refractivity contribution in [1.82, 2.24) is 4.90 Å². The molecule has 0 unspecified atom stereocenters. The van der Waals surface area contributed by atoms with Crippen molar-refractivity contribution in [2.24, 2.45) is 0 Å². The van der Waals surface area contributed by atoms with Crippen LogP contribution in [0.1, 0.15) is 5.56 Å². The van der Waals surface area contributed by atoms with Crippen molar-refractivity contribution in [3.05, 3.63) is 29.8 Å². The van der Waals surface area contributed by atoms with Crippen molar-refractivity contribution in [3.63, 3.8) is 0 Å². The molecule has 19 heavy (non-hydrogen) atoms. The van der Waals surface area contributed by atoms with Crippen molar-refractivity contribution in [2.45, 2.75) is 0 Å². The largest absolute Gasteiger partial charge is 0.395 e. The van der Waals surface area contributed by atoms with Crippen LogP contribution in [-0.4, -0.2) is 49.5 Å². The second-order valence-corrected chi connectivity index (χ2v) is 3.82. The molecule has 1 aromatic rings. The molecule has 0 atom stereocenters. The quantitative estimate of drug-likeness (QED) is 0.802. The van der Waals surface area contributed by atoms with Gasteiger partial charge in [-0.2, -0.15) is 5.26 Å². The number of benzene rings is 1. The van der Waals surface area contributed by atoms with Crippen LogP contribution >= 0.6 is 0 Å². The van der Waals surface area contributed by atoms with Crippen LogP contribution in [0.4, 0.5) is 10.5 Å². The van der Waals surface area contributed by atoms with Gasteiger partial charge in [0, 0.05) is 25.9 Å². The van der Waals surface area contributed by atoms with E-state index in [9.17, 15) is 4.79 Å². The highest BCUT2D eigenvalue weighted by molar-refractivity contribution is 5.89. The molecule has 0 aliphatic heterocycles. The molecule has 0 bridgehead atoms. The minimum absolute atomic E-state index is 0.107. The number of nitrogens with zero attached hydrogens (tertiary/aromatic N) is 2. The Kier molecular flexibility index (Phi) is 6.36. The molecule has 1 aromatic carbocycles.